The first-order valence-electron chi connectivity index (χ1n) is 3.98. The molecule has 0 aliphatic carbocycles. The van der Waals surface area contributed by atoms with Crippen molar-refractivity contribution in [3.05, 3.63) is 11.1 Å². The third-order valence-corrected chi connectivity index (χ3v) is 5.26. The van der Waals surface area contributed by atoms with Crippen LogP contribution in [0.2, 0.25) is 0 Å². The third kappa shape index (κ3) is 3.07. The van der Waals surface area contributed by atoms with E-state index in [0.717, 1.165) is 20.1 Å². The lowest BCUT2D eigenvalue weighted by Crippen LogP contribution is -1.84. The largest absolute Gasteiger partial charge is 0.375 e. The summed E-state index contributed by atoms with van der Waals surface area (Å²) < 4.78 is 1.97. The lowest BCUT2D eigenvalue weighted by atomic mass is 10.6. The lowest BCUT2D eigenvalue weighted by molar-refractivity contribution is 0.955. The second-order valence-electron chi connectivity index (χ2n) is 2.50. The Bertz CT molecular complexity index is 438. The zero-order valence-corrected chi connectivity index (χ0v) is 11.1. The summed E-state index contributed by atoms with van der Waals surface area (Å²) in [5.41, 5.74) is 6.55. The van der Waals surface area contributed by atoms with Crippen LogP contribution in [0.25, 0.3) is 0 Å². The number of thioether (sulfide) groups is 2. The number of hydrogen-bond donors (Lipinski definition) is 1. The molecule has 0 amide bonds. The fourth-order valence-corrected chi connectivity index (χ4v) is 3.86. The molecule has 2 heterocycles. The smallest absolute Gasteiger partial charge is 0.180 e. The first-order chi connectivity index (χ1) is 7.28. The average Bonchev–Trinajstić information content (AvgIpc) is 2.83. The Morgan fingerprint density at radius 1 is 1.40 bits per heavy atom. The van der Waals surface area contributed by atoms with Gasteiger partial charge in [0.2, 0.25) is 0 Å². The Kier molecular flexibility index (Phi) is 3.84. The van der Waals surface area contributed by atoms with E-state index >= 15 is 0 Å². The summed E-state index contributed by atoms with van der Waals surface area (Å²) in [5, 5.41) is 10.7. The van der Waals surface area contributed by atoms with Gasteiger partial charge in [-0.1, -0.05) is 34.9 Å². The van der Waals surface area contributed by atoms with E-state index < -0.39 is 0 Å². The van der Waals surface area contributed by atoms with Gasteiger partial charge >= 0.3 is 0 Å². The van der Waals surface area contributed by atoms with Crippen molar-refractivity contribution >= 4 is 51.3 Å². The molecule has 0 saturated heterocycles. The number of aromatic nitrogens is 3. The molecule has 15 heavy (non-hydrogen) atoms. The molecule has 0 bridgehead atoms. The molecule has 4 nitrogen and oxygen atoms in total. The molecule has 2 N–H and O–H groups in total. The molecule has 0 radical (unpaired) electrons. The zero-order chi connectivity index (χ0) is 10.7. The van der Waals surface area contributed by atoms with Crippen molar-refractivity contribution in [1.29, 1.82) is 0 Å². The van der Waals surface area contributed by atoms with E-state index in [4.69, 9.17) is 5.73 Å². The molecule has 0 aromatic carbocycles. The normalized spacial score (nSPS) is 10.7. The van der Waals surface area contributed by atoms with E-state index in [1.165, 1.54) is 11.3 Å². The maximum absolute atomic E-state index is 5.54. The topological polar surface area (TPSA) is 64.7 Å². The van der Waals surface area contributed by atoms with E-state index in [9.17, 15) is 0 Å². The number of nitrogen functional groups attached to an aromatic ring is 1. The summed E-state index contributed by atoms with van der Waals surface area (Å²) in [5.74, 6) is 0.802. The van der Waals surface area contributed by atoms with E-state index in [2.05, 4.69) is 15.2 Å². The first-order valence-corrected chi connectivity index (χ1v) is 7.89. The predicted molar refractivity (Wildman–Crippen MR) is 67.8 cm³/mol. The first kappa shape index (κ1) is 11.2. The van der Waals surface area contributed by atoms with Gasteiger partial charge in [-0.3, -0.25) is 0 Å². The minimum Gasteiger partial charge on any atom is -0.375 e. The minimum atomic E-state index is 0.618. The van der Waals surface area contributed by atoms with Crippen LogP contribution in [0.4, 0.5) is 5.13 Å². The molecule has 0 fully saturated rings. The van der Waals surface area contributed by atoms with E-state index in [-0.39, 0.29) is 0 Å². The van der Waals surface area contributed by atoms with Crippen LogP contribution in [0.15, 0.2) is 14.1 Å². The standard InChI is InChI=1S/C7H8N4S4/c1-12-6-10-11-7(15-6)14-3-4-2-13-5(8)9-4/h2H,3H2,1H3,(H2,8,9). The molecule has 2 aromatic rings. The number of rotatable bonds is 4. The van der Waals surface area contributed by atoms with Crippen molar-refractivity contribution in [1.82, 2.24) is 15.2 Å². The van der Waals surface area contributed by atoms with Crippen molar-refractivity contribution in [2.75, 3.05) is 12.0 Å². The summed E-state index contributed by atoms with van der Waals surface area (Å²) >= 11 is 6.33. The van der Waals surface area contributed by atoms with Gasteiger partial charge in [-0.05, 0) is 6.26 Å². The highest BCUT2D eigenvalue weighted by Gasteiger charge is 2.05. The van der Waals surface area contributed by atoms with Gasteiger partial charge in [0.1, 0.15) is 0 Å². The summed E-state index contributed by atoms with van der Waals surface area (Å²) in [4.78, 5) is 4.18. The van der Waals surface area contributed by atoms with Crippen molar-refractivity contribution in [3.8, 4) is 0 Å². The molecule has 0 atom stereocenters. The number of nitrogens with two attached hydrogens (primary N) is 1. The van der Waals surface area contributed by atoms with Crippen LogP contribution >= 0.6 is 46.2 Å². The molecule has 2 rings (SSSR count). The number of anilines is 1. The highest BCUT2D eigenvalue weighted by atomic mass is 32.2. The fourth-order valence-electron chi connectivity index (χ4n) is 0.863. The van der Waals surface area contributed by atoms with Gasteiger partial charge in [0.25, 0.3) is 0 Å². The molecular weight excluding hydrogens is 268 g/mol. The molecule has 0 saturated carbocycles. The molecule has 0 aliphatic rings. The average molecular weight is 276 g/mol. The number of nitrogens with zero attached hydrogens (tertiary/aromatic N) is 3. The Morgan fingerprint density at radius 2 is 2.20 bits per heavy atom. The van der Waals surface area contributed by atoms with Crippen LogP contribution in [0.1, 0.15) is 5.69 Å². The summed E-state index contributed by atoms with van der Waals surface area (Å²) in [6.07, 6.45) is 2.00. The third-order valence-electron chi connectivity index (χ3n) is 1.48. The van der Waals surface area contributed by atoms with Crippen LogP contribution in [0.3, 0.4) is 0 Å². The van der Waals surface area contributed by atoms with Gasteiger partial charge in [-0.25, -0.2) is 4.98 Å². The molecule has 0 unspecified atom stereocenters. The van der Waals surface area contributed by atoms with Crippen molar-refractivity contribution in [2.24, 2.45) is 0 Å². The van der Waals surface area contributed by atoms with Crippen LogP contribution in [-0.2, 0) is 5.75 Å². The molecule has 0 spiro atoms. The quantitative estimate of drug-likeness (QED) is 0.866. The lowest BCUT2D eigenvalue weighted by Gasteiger charge is -1.91. The number of thiazole rings is 1. The molecule has 80 valence electrons. The van der Waals surface area contributed by atoms with Gasteiger partial charge in [0.05, 0.1) is 5.69 Å². The highest BCUT2D eigenvalue weighted by molar-refractivity contribution is 8.02. The highest BCUT2D eigenvalue weighted by Crippen LogP contribution is 2.29. The number of hydrogen-bond acceptors (Lipinski definition) is 8. The summed E-state index contributed by atoms with van der Waals surface area (Å²) in [6, 6.07) is 0. The van der Waals surface area contributed by atoms with Gasteiger partial charge in [-0.2, -0.15) is 0 Å². The molecule has 2 aromatic heterocycles. The van der Waals surface area contributed by atoms with Gasteiger partial charge in [0.15, 0.2) is 13.8 Å². The van der Waals surface area contributed by atoms with Crippen LogP contribution in [0, 0.1) is 0 Å². The van der Waals surface area contributed by atoms with Gasteiger partial charge in [0, 0.05) is 11.1 Å². The van der Waals surface area contributed by atoms with Gasteiger partial charge < -0.3 is 5.73 Å². The Morgan fingerprint density at radius 3 is 2.80 bits per heavy atom. The predicted octanol–water partition coefficient (Wildman–Crippen LogP) is 2.59. The SMILES string of the molecule is CSc1nnc(SCc2csc(N)n2)s1. The van der Waals surface area contributed by atoms with Crippen LogP contribution < -0.4 is 5.73 Å². The maximum Gasteiger partial charge on any atom is 0.180 e. The Balaban J connectivity index is 1.93. The van der Waals surface area contributed by atoms with E-state index in [1.807, 2.05) is 11.6 Å². The van der Waals surface area contributed by atoms with Crippen molar-refractivity contribution < 1.29 is 0 Å². The molecular formula is C7H8N4S4. The molecule has 0 aliphatic heterocycles. The second kappa shape index (κ2) is 5.15. The monoisotopic (exact) mass is 276 g/mol. The van der Waals surface area contributed by atoms with Crippen LogP contribution in [0.5, 0.6) is 0 Å². The zero-order valence-electron chi connectivity index (χ0n) is 7.84. The minimum absolute atomic E-state index is 0.618. The van der Waals surface area contributed by atoms with Gasteiger partial charge in [-0.15, -0.1) is 21.5 Å². The Hall–Kier alpha value is -0.310. The second-order valence-corrected chi connectivity index (χ2v) is 6.65. The molecule has 8 heteroatoms. The summed E-state index contributed by atoms with van der Waals surface area (Å²) in [6.45, 7) is 0. The van der Waals surface area contributed by atoms with Crippen molar-refractivity contribution in [3.63, 3.8) is 0 Å². The van der Waals surface area contributed by atoms with E-state index in [1.54, 1.807) is 34.9 Å². The maximum atomic E-state index is 5.54. The Labute approximate surface area is 104 Å². The fraction of sp³-hybridized carbons (Fsp3) is 0.286. The summed E-state index contributed by atoms with van der Waals surface area (Å²) in [7, 11) is 0. The van der Waals surface area contributed by atoms with Crippen molar-refractivity contribution in [2.45, 2.75) is 14.4 Å². The van der Waals surface area contributed by atoms with Crippen LogP contribution in [-0.4, -0.2) is 21.4 Å². The van der Waals surface area contributed by atoms with E-state index in [0.29, 0.717) is 5.13 Å².